The smallest absolute Gasteiger partial charge is 0.0351 e. The molecule has 0 saturated carbocycles. The molecule has 0 heterocycles. The van der Waals surface area contributed by atoms with Gasteiger partial charge in [0, 0.05) is 0 Å². The van der Waals surface area contributed by atoms with Gasteiger partial charge in [0.15, 0.2) is 0 Å². The lowest BCUT2D eigenvalue weighted by Crippen LogP contribution is -1.84. The third kappa shape index (κ3) is 27.7. The molecule has 0 bridgehead atoms. The average Bonchev–Trinajstić information content (AvgIpc) is 2.76. The first kappa shape index (κ1) is 29.7. The monoisotopic (exact) mass is 419 g/mol. The molecule has 30 heavy (non-hydrogen) atoms. The topological polar surface area (TPSA) is 0 Å². The van der Waals surface area contributed by atoms with Crippen molar-refractivity contribution in [1.82, 2.24) is 0 Å². The van der Waals surface area contributed by atoms with Crippen LogP contribution in [-0.4, -0.2) is 0 Å². The first-order valence-electron chi connectivity index (χ1n) is 14.4. The summed E-state index contributed by atoms with van der Waals surface area (Å²) in [5, 5.41) is 0. The highest BCUT2D eigenvalue weighted by Gasteiger charge is 1.95. The van der Waals surface area contributed by atoms with Gasteiger partial charge in [-0.3, -0.25) is 0 Å². The lowest BCUT2D eigenvalue weighted by atomic mass is 10.0. The Labute approximate surface area is 193 Å². The van der Waals surface area contributed by atoms with Crippen LogP contribution in [0.5, 0.6) is 0 Å². The van der Waals surface area contributed by atoms with Crippen molar-refractivity contribution in [2.45, 2.75) is 174 Å². The predicted molar refractivity (Wildman–Crippen MR) is 140 cm³/mol. The first-order chi connectivity index (χ1) is 14.9. The summed E-state index contributed by atoms with van der Waals surface area (Å²) >= 11 is 0. The Kier molecular flexibility index (Phi) is 28.5. The minimum Gasteiger partial charge on any atom is -0.0885 e. The highest BCUT2D eigenvalue weighted by Crippen LogP contribution is 2.14. The molecule has 0 atom stereocenters. The van der Waals surface area contributed by atoms with Crippen LogP contribution in [0.2, 0.25) is 0 Å². The lowest BCUT2D eigenvalue weighted by molar-refractivity contribution is 0.526. The molecule has 0 unspecified atom stereocenters. The van der Waals surface area contributed by atoms with Gasteiger partial charge in [0.05, 0.1) is 0 Å². The van der Waals surface area contributed by atoms with Gasteiger partial charge >= 0.3 is 0 Å². The summed E-state index contributed by atoms with van der Waals surface area (Å²) < 4.78 is 0. The molecule has 0 aliphatic rings. The van der Waals surface area contributed by atoms with Crippen LogP contribution >= 0.6 is 0 Å². The zero-order valence-corrected chi connectivity index (χ0v) is 21.2. The molecule has 1 radical (unpaired) electrons. The van der Waals surface area contributed by atoms with Crippen LogP contribution in [0.25, 0.3) is 0 Å². The van der Waals surface area contributed by atoms with Gasteiger partial charge in [-0.25, -0.2) is 0 Å². The second-order valence-corrected chi connectivity index (χ2v) is 9.68. The molecule has 0 spiro atoms. The van der Waals surface area contributed by atoms with E-state index in [0.29, 0.717) is 0 Å². The van der Waals surface area contributed by atoms with Gasteiger partial charge in [-0.1, -0.05) is 167 Å². The normalized spacial score (nSPS) is 11.7. The van der Waals surface area contributed by atoms with Crippen molar-refractivity contribution in [1.29, 1.82) is 0 Å². The van der Waals surface area contributed by atoms with Crippen molar-refractivity contribution >= 4 is 0 Å². The molecule has 179 valence electrons. The van der Waals surface area contributed by atoms with E-state index in [2.05, 4.69) is 26.0 Å². The summed E-state index contributed by atoms with van der Waals surface area (Å²) in [6, 6.07) is 0. The molecule has 0 heteroatoms. The number of rotatable bonds is 26. The van der Waals surface area contributed by atoms with Crippen LogP contribution in [0.4, 0.5) is 0 Å². The summed E-state index contributed by atoms with van der Waals surface area (Å²) in [5.41, 5.74) is 0. The Hall–Kier alpha value is -0.260. The van der Waals surface area contributed by atoms with Crippen LogP contribution in [0.1, 0.15) is 174 Å². The molecular weight excluding hydrogens is 360 g/mol. The van der Waals surface area contributed by atoms with Crippen LogP contribution < -0.4 is 0 Å². The van der Waals surface area contributed by atoms with Crippen molar-refractivity contribution in [2.24, 2.45) is 0 Å². The SMILES string of the molecule is [CH2]CCCCCCCCCCCCCCCCCCC/C=C/CCCCCCCC. The summed E-state index contributed by atoms with van der Waals surface area (Å²) in [7, 11) is 0. The highest BCUT2D eigenvalue weighted by atomic mass is 14.0. The van der Waals surface area contributed by atoms with E-state index in [1.165, 1.54) is 161 Å². The van der Waals surface area contributed by atoms with Gasteiger partial charge in [-0.2, -0.15) is 0 Å². The van der Waals surface area contributed by atoms with E-state index < -0.39 is 0 Å². The third-order valence-electron chi connectivity index (χ3n) is 6.51. The minimum atomic E-state index is 1.12. The maximum Gasteiger partial charge on any atom is -0.0351 e. The van der Waals surface area contributed by atoms with Gasteiger partial charge in [0.25, 0.3) is 0 Å². The van der Waals surface area contributed by atoms with Gasteiger partial charge in [0.2, 0.25) is 0 Å². The first-order valence-corrected chi connectivity index (χ1v) is 14.4. The molecule has 0 nitrogen and oxygen atoms in total. The van der Waals surface area contributed by atoms with E-state index in [1.54, 1.807) is 0 Å². The lowest BCUT2D eigenvalue weighted by Gasteiger charge is -2.03. The maximum atomic E-state index is 3.92. The van der Waals surface area contributed by atoms with Crippen LogP contribution in [0, 0.1) is 6.92 Å². The number of hydrogen-bond donors (Lipinski definition) is 0. The standard InChI is InChI=1S/C30H59/c1-3-5-7-9-11-13-15-17-19-21-23-25-27-29-30-28-26-24-22-20-18-16-14-12-10-8-6-4-2/h18,20H,1,3-17,19,21-30H2,2H3/b20-18+. The van der Waals surface area contributed by atoms with E-state index in [0.717, 1.165) is 6.42 Å². The van der Waals surface area contributed by atoms with E-state index in [4.69, 9.17) is 0 Å². The third-order valence-corrected chi connectivity index (χ3v) is 6.51. The summed E-state index contributed by atoms with van der Waals surface area (Å²) in [4.78, 5) is 0. The Morgan fingerprint density at radius 1 is 0.367 bits per heavy atom. The molecule has 0 aliphatic heterocycles. The number of allylic oxidation sites excluding steroid dienone is 2. The van der Waals surface area contributed by atoms with Crippen molar-refractivity contribution in [3.8, 4) is 0 Å². The Bertz CT molecular complexity index is 303. The van der Waals surface area contributed by atoms with E-state index in [-0.39, 0.29) is 0 Å². The fourth-order valence-corrected chi connectivity index (χ4v) is 4.37. The molecule has 0 aromatic rings. The van der Waals surface area contributed by atoms with Crippen molar-refractivity contribution in [2.75, 3.05) is 0 Å². The van der Waals surface area contributed by atoms with Gasteiger partial charge in [0.1, 0.15) is 0 Å². The molecule has 0 aliphatic carbocycles. The van der Waals surface area contributed by atoms with E-state index >= 15 is 0 Å². The van der Waals surface area contributed by atoms with Crippen molar-refractivity contribution in [3.05, 3.63) is 19.1 Å². The fraction of sp³-hybridized carbons (Fsp3) is 0.900. The van der Waals surface area contributed by atoms with Crippen LogP contribution in [0.3, 0.4) is 0 Å². The van der Waals surface area contributed by atoms with Crippen LogP contribution in [0.15, 0.2) is 12.2 Å². The molecule has 0 saturated heterocycles. The number of unbranched alkanes of at least 4 members (excludes halogenated alkanes) is 24. The molecule has 0 aromatic heterocycles. The quantitative estimate of drug-likeness (QED) is 0.0965. The maximum absolute atomic E-state index is 3.92. The molecule has 0 aromatic carbocycles. The summed E-state index contributed by atoms with van der Waals surface area (Å²) in [6.45, 7) is 6.21. The van der Waals surface area contributed by atoms with Crippen molar-refractivity contribution < 1.29 is 0 Å². The average molecular weight is 420 g/mol. The summed E-state index contributed by atoms with van der Waals surface area (Å²) in [5.74, 6) is 0. The minimum absolute atomic E-state index is 1.12. The fourth-order valence-electron chi connectivity index (χ4n) is 4.37. The van der Waals surface area contributed by atoms with Gasteiger partial charge < -0.3 is 0 Å². The second kappa shape index (κ2) is 28.7. The predicted octanol–water partition coefficient (Wildman–Crippen LogP) is 11.5. The molecule has 0 amide bonds. The van der Waals surface area contributed by atoms with Gasteiger partial charge in [-0.15, -0.1) is 0 Å². The highest BCUT2D eigenvalue weighted by molar-refractivity contribution is 4.81. The molecular formula is C30H59. The second-order valence-electron chi connectivity index (χ2n) is 9.68. The Balaban J connectivity index is 3.04. The molecule has 0 N–H and O–H groups in total. The zero-order valence-electron chi connectivity index (χ0n) is 21.2. The van der Waals surface area contributed by atoms with Crippen LogP contribution in [-0.2, 0) is 0 Å². The number of hydrogen-bond acceptors (Lipinski definition) is 0. The van der Waals surface area contributed by atoms with E-state index in [1.807, 2.05) is 0 Å². The Morgan fingerprint density at radius 3 is 0.933 bits per heavy atom. The van der Waals surface area contributed by atoms with E-state index in [9.17, 15) is 0 Å². The van der Waals surface area contributed by atoms with Crippen molar-refractivity contribution in [3.63, 3.8) is 0 Å². The summed E-state index contributed by atoms with van der Waals surface area (Å²) in [6.07, 6.45) is 41.8. The molecule has 0 fully saturated rings. The molecule has 0 rings (SSSR count). The largest absolute Gasteiger partial charge is 0.0885 e. The zero-order chi connectivity index (χ0) is 21.8. The van der Waals surface area contributed by atoms with Gasteiger partial charge in [-0.05, 0) is 25.7 Å². The Morgan fingerprint density at radius 2 is 0.633 bits per heavy atom.